The van der Waals surface area contributed by atoms with Crippen LogP contribution < -0.4 is 4.90 Å². The molecular weight excluding hydrogens is 254 g/mol. The number of carbonyl (C=O) groups excluding carboxylic acids is 1. The van der Waals surface area contributed by atoms with Gasteiger partial charge in [0.15, 0.2) is 0 Å². The monoisotopic (exact) mass is 269 g/mol. The quantitative estimate of drug-likeness (QED) is 0.842. The molecule has 20 heavy (non-hydrogen) atoms. The number of phenols is 2. The number of carbonyl (C=O) groups is 1. The number of benzene rings is 2. The Labute approximate surface area is 117 Å². The molecule has 2 aromatic carbocycles. The lowest BCUT2D eigenvalue weighted by atomic mass is 10.2. The van der Waals surface area contributed by atoms with E-state index in [9.17, 15) is 15.0 Å². The fraction of sp³-hybridized carbons (Fsp3) is 0.0625. The summed E-state index contributed by atoms with van der Waals surface area (Å²) >= 11 is 0. The van der Waals surface area contributed by atoms with Gasteiger partial charge in [0.05, 0.1) is 0 Å². The molecule has 4 heteroatoms. The number of hydrogen-bond acceptors (Lipinski definition) is 3. The van der Waals surface area contributed by atoms with Crippen LogP contribution in [-0.4, -0.2) is 23.2 Å². The van der Waals surface area contributed by atoms with Crippen LogP contribution >= 0.6 is 0 Å². The van der Waals surface area contributed by atoms with E-state index in [-0.39, 0.29) is 17.4 Å². The first-order valence-corrected chi connectivity index (χ1v) is 6.10. The highest BCUT2D eigenvalue weighted by Gasteiger charge is 2.07. The second kappa shape index (κ2) is 5.93. The van der Waals surface area contributed by atoms with Crippen molar-refractivity contribution in [2.24, 2.45) is 0 Å². The zero-order valence-corrected chi connectivity index (χ0v) is 11.0. The van der Waals surface area contributed by atoms with E-state index >= 15 is 0 Å². The lowest BCUT2D eigenvalue weighted by Crippen LogP contribution is -2.23. The average molecular weight is 269 g/mol. The number of hydrogen-bond donors (Lipinski definition) is 2. The summed E-state index contributed by atoms with van der Waals surface area (Å²) in [5.41, 5.74) is 1.53. The van der Waals surface area contributed by atoms with Gasteiger partial charge >= 0.3 is 0 Å². The first-order chi connectivity index (χ1) is 9.56. The molecular formula is C16H15NO3. The molecule has 0 bridgehead atoms. The van der Waals surface area contributed by atoms with Crippen molar-refractivity contribution in [3.8, 4) is 11.5 Å². The third kappa shape index (κ3) is 3.38. The van der Waals surface area contributed by atoms with Gasteiger partial charge in [-0.25, -0.2) is 0 Å². The summed E-state index contributed by atoms with van der Waals surface area (Å²) in [7, 11) is 1.66. The van der Waals surface area contributed by atoms with E-state index < -0.39 is 0 Å². The van der Waals surface area contributed by atoms with E-state index in [4.69, 9.17) is 0 Å². The molecule has 0 aliphatic heterocycles. The van der Waals surface area contributed by atoms with Crippen LogP contribution in [0.4, 0.5) is 5.69 Å². The standard InChI is InChI=1S/C16H15NO3/c1-17(13-5-9-15(19)10-6-13)16(20)11-4-12-2-7-14(18)8-3-12/h2-11,18-19H,1H3/b11-4+. The summed E-state index contributed by atoms with van der Waals surface area (Å²) in [6.45, 7) is 0. The molecule has 4 nitrogen and oxygen atoms in total. The van der Waals surface area contributed by atoms with Crippen molar-refractivity contribution < 1.29 is 15.0 Å². The maximum Gasteiger partial charge on any atom is 0.250 e. The second-order valence-electron chi connectivity index (χ2n) is 4.34. The molecule has 2 N–H and O–H groups in total. The highest BCUT2D eigenvalue weighted by Crippen LogP contribution is 2.18. The van der Waals surface area contributed by atoms with Gasteiger partial charge in [-0.1, -0.05) is 12.1 Å². The Balaban J connectivity index is 2.07. The van der Waals surface area contributed by atoms with Crippen molar-refractivity contribution >= 4 is 17.7 Å². The first kappa shape index (κ1) is 13.7. The van der Waals surface area contributed by atoms with E-state index in [1.807, 2.05) is 0 Å². The summed E-state index contributed by atoms with van der Waals surface area (Å²) < 4.78 is 0. The number of aromatic hydroxyl groups is 2. The fourth-order valence-electron chi connectivity index (χ4n) is 1.67. The molecule has 0 radical (unpaired) electrons. The van der Waals surface area contributed by atoms with Crippen LogP contribution in [0.3, 0.4) is 0 Å². The van der Waals surface area contributed by atoms with Crippen molar-refractivity contribution in [1.29, 1.82) is 0 Å². The number of anilines is 1. The van der Waals surface area contributed by atoms with E-state index in [1.165, 1.54) is 23.1 Å². The van der Waals surface area contributed by atoms with Crippen LogP contribution in [0, 0.1) is 0 Å². The van der Waals surface area contributed by atoms with Crippen molar-refractivity contribution in [1.82, 2.24) is 0 Å². The van der Waals surface area contributed by atoms with Gasteiger partial charge in [0.25, 0.3) is 5.91 Å². The molecule has 0 saturated heterocycles. The van der Waals surface area contributed by atoms with Gasteiger partial charge in [0, 0.05) is 18.8 Å². The van der Waals surface area contributed by atoms with Gasteiger partial charge in [0.2, 0.25) is 0 Å². The molecule has 0 aliphatic carbocycles. The summed E-state index contributed by atoms with van der Waals surface area (Å²) in [6, 6.07) is 13.0. The van der Waals surface area contributed by atoms with Crippen molar-refractivity contribution in [3.63, 3.8) is 0 Å². The van der Waals surface area contributed by atoms with E-state index in [0.717, 1.165) is 5.56 Å². The second-order valence-corrected chi connectivity index (χ2v) is 4.34. The summed E-state index contributed by atoms with van der Waals surface area (Å²) in [5, 5.41) is 18.4. The zero-order chi connectivity index (χ0) is 14.5. The van der Waals surface area contributed by atoms with Crippen LogP contribution in [0.25, 0.3) is 6.08 Å². The van der Waals surface area contributed by atoms with Gasteiger partial charge < -0.3 is 15.1 Å². The normalized spacial score (nSPS) is 10.7. The van der Waals surface area contributed by atoms with Gasteiger partial charge in [-0.15, -0.1) is 0 Å². The smallest absolute Gasteiger partial charge is 0.250 e. The van der Waals surface area contributed by atoms with Crippen molar-refractivity contribution in [3.05, 3.63) is 60.2 Å². The van der Waals surface area contributed by atoms with E-state index in [0.29, 0.717) is 5.69 Å². The topological polar surface area (TPSA) is 60.8 Å². The minimum Gasteiger partial charge on any atom is -0.508 e. The fourth-order valence-corrected chi connectivity index (χ4v) is 1.67. The predicted molar refractivity (Wildman–Crippen MR) is 78.7 cm³/mol. The Hall–Kier alpha value is -2.75. The number of nitrogens with zero attached hydrogens (tertiary/aromatic N) is 1. The number of phenolic OH excluding ortho intramolecular Hbond substituents is 2. The number of likely N-dealkylation sites (N-methyl/N-ethyl adjacent to an activating group) is 1. The Morgan fingerprint density at radius 1 is 0.950 bits per heavy atom. The van der Waals surface area contributed by atoms with Crippen LogP contribution in [0.15, 0.2) is 54.6 Å². The molecule has 0 spiro atoms. The Bertz CT molecular complexity index is 615. The molecule has 2 rings (SSSR count). The molecule has 0 aromatic heterocycles. The van der Waals surface area contributed by atoms with Crippen LogP contribution in [0.2, 0.25) is 0 Å². The molecule has 0 heterocycles. The summed E-state index contributed by atoms with van der Waals surface area (Å²) in [5.74, 6) is 0.174. The average Bonchev–Trinajstić information content (AvgIpc) is 2.46. The molecule has 0 saturated carbocycles. The molecule has 0 aliphatic rings. The highest BCUT2D eigenvalue weighted by molar-refractivity contribution is 6.03. The van der Waals surface area contributed by atoms with Crippen molar-refractivity contribution in [2.45, 2.75) is 0 Å². The zero-order valence-electron chi connectivity index (χ0n) is 11.0. The largest absolute Gasteiger partial charge is 0.508 e. The maximum atomic E-state index is 12.0. The van der Waals surface area contributed by atoms with Gasteiger partial charge in [-0.2, -0.15) is 0 Å². The van der Waals surface area contributed by atoms with Gasteiger partial charge in [0.1, 0.15) is 11.5 Å². The molecule has 2 aromatic rings. The molecule has 1 amide bonds. The molecule has 0 unspecified atom stereocenters. The Kier molecular flexibility index (Phi) is 4.05. The maximum absolute atomic E-state index is 12.0. The minimum atomic E-state index is -0.177. The van der Waals surface area contributed by atoms with Crippen LogP contribution in [-0.2, 0) is 4.79 Å². The number of rotatable bonds is 3. The van der Waals surface area contributed by atoms with Crippen LogP contribution in [0.5, 0.6) is 11.5 Å². The Morgan fingerprint density at radius 2 is 1.45 bits per heavy atom. The minimum absolute atomic E-state index is 0.161. The van der Waals surface area contributed by atoms with E-state index in [2.05, 4.69) is 0 Å². The molecule has 0 fully saturated rings. The molecule has 0 atom stereocenters. The summed E-state index contributed by atoms with van der Waals surface area (Å²) in [4.78, 5) is 13.5. The highest BCUT2D eigenvalue weighted by atomic mass is 16.3. The van der Waals surface area contributed by atoms with Gasteiger partial charge in [-0.3, -0.25) is 4.79 Å². The lowest BCUT2D eigenvalue weighted by molar-refractivity contribution is -0.113. The predicted octanol–water partition coefficient (Wildman–Crippen LogP) is 2.77. The first-order valence-electron chi connectivity index (χ1n) is 6.10. The SMILES string of the molecule is CN(C(=O)/C=C/c1ccc(O)cc1)c1ccc(O)cc1. The van der Waals surface area contributed by atoms with Crippen LogP contribution in [0.1, 0.15) is 5.56 Å². The molecule has 102 valence electrons. The third-order valence-electron chi connectivity index (χ3n) is 2.88. The third-order valence-corrected chi connectivity index (χ3v) is 2.88. The van der Waals surface area contributed by atoms with Gasteiger partial charge in [-0.05, 0) is 48.0 Å². The number of amides is 1. The lowest BCUT2D eigenvalue weighted by Gasteiger charge is -2.15. The van der Waals surface area contributed by atoms with E-state index in [1.54, 1.807) is 49.5 Å². The Morgan fingerprint density at radius 3 is 2.00 bits per heavy atom. The van der Waals surface area contributed by atoms with Crippen molar-refractivity contribution in [2.75, 3.05) is 11.9 Å². The summed E-state index contributed by atoms with van der Waals surface area (Å²) in [6.07, 6.45) is 3.14.